The fraction of sp³-hybridized carbons (Fsp3) is 0.409. The Hall–Kier alpha value is -1.85. The smallest absolute Gasteiger partial charge is 0.191 e. The standard InChI is InChI=1S/C22H27F3N4O.HI/c1-2-26-22(27-14-17-13-19(24)6-7-20(17)25)28-15-21(29-8-10-30-11-9-29)16-4-3-5-18(23)12-16;/h3-7,12-13,21H,2,8-11,14-15H2,1H3,(H2,26,27,28);1H. The summed E-state index contributed by atoms with van der Waals surface area (Å²) >= 11 is 0. The zero-order valence-corrected chi connectivity index (χ0v) is 19.7. The minimum absolute atomic E-state index is 0. The molecule has 1 heterocycles. The molecule has 9 heteroatoms. The average molecular weight is 548 g/mol. The molecule has 0 aromatic heterocycles. The summed E-state index contributed by atoms with van der Waals surface area (Å²) in [5, 5.41) is 6.37. The SMILES string of the molecule is CCNC(=NCc1cc(F)ccc1F)NCC(c1cccc(F)c1)N1CCOCC1.I. The van der Waals surface area contributed by atoms with Crippen molar-refractivity contribution in [2.75, 3.05) is 39.4 Å². The molecule has 1 fully saturated rings. The molecule has 2 aromatic carbocycles. The second-order valence-electron chi connectivity index (χ2n) is 7.03. The Morgan fingerprint density at radius 1 is 1.06 bits per heavy atom. The van der Waals surface area contributed by atoms with Gasteiger partial charge in [-0.25, -0.2) is 18.2 Å². The van der Waals surface area contributed by atoms with E-state index in [2.05, 4.69) is 20.5 Å². The van der Waals surface area contributed by atoms with Crippen LogP contribution in [0.15, 0.2) is 47.5 Å². The fourth-order valence-corrected chi connectivity index (χ4v) is 3.42. The van der Waals surface area contributed by atoms with Gasteiger partial charge in [0.1, 0.15) is 17.5 Å². The topological polar surface area (TPSA) is 48.9 Å². The third-order valence-corrected chi connectivity index (χ3v) is 4.94. The van der Waals surface area contributed by atoms with Crippen LogP contribution >= 0.6 is 24.0 Å². The summed E-state index contributed by atoms with van der Waals surface area (Å²) in [4.78, 5) is 6.62. The van der Waals surface area contributed by atoms with Gasteiger partial charge in [-0.15, -0.1) is 24.0 Å². The number of rotatable bonds is 7. The Bertz CT molecular complexity index is 862. The van der Waals surface area contributed by atoms with E-state index in [1.165, 1.54) is 12.1 Å². The molecular weight excluding hydrogens is 520 g/mol. The molecule has 0 amide bonds. The van der Waals surface area contributed by atoms with Gasteiger partial charge in [-0.2, -0.15) is 0 Å². The molecule has 0 bridgehead atoms. The highest BCUT2D eigenvalue weighted by Crippen LogP contribution is 2.22. The maximum atomic E-state index is 13.9. The van der Waals surface area contributed by atoms with Crippen LogP contribution in [-0.4, -0.2) is 50.3 Å². The summed E-state index contributed by atoms with van der Waals surface area (Å²) in [6.07, 6.45) is 0. The van der Waals surface area contributed by atoms with Gasteiger partial charge >= 0.3 is 0 Å². The lowest BCUT2D eigenvalue weighted by Crippen LogP contribution is -2.46. The zero-order chi connectivity index (χ0) is 21.3. The maximum absolute atomic E-state index is 13.9. The molecule has 3 rings (SSSR count). The van der Waals surface area contributed by atoms with E-state index >= 15 is 0 Å². The van der Waals surface area contributed by atoms with Crippen LogP contribution in [0.1, 0.15) is 24.1 Å². The summed E-state index contributed by atoms with van der Waals surface area (Å²) < 4.78 is 46.6. The molecule has 2 aromatic rings. The van der Waals surface area contributed by atoms with Gasteiger partial charge in [-0.05, 0) is 42.8 Å². The quantitative estimate of drug-likeness (QED) is 0.314. The van der Waals surface area contributed by atoms with Crippen molar-refractivity contribution in [3.05, 3.63) is 71.0 Å². The van der Waals surface area contributed by atoms with E-state index in [0.29, 0.717) is 32.3 Å². The molecular formula is C22H28F3IN4O. The number of hydrogen-bond donors (Lipinski definition) is 2. The highest BCUT2D eigenvalue weighted by molar-refractivity contribution is 14.0. The second-order valence-corrected chi connectivity index (χ2v) is 7.03. The monoisotopic (exact) mass is 548 g/mol. The van der Waals surface area contributed by atoms with E-state index in [4.69, 9.17) is 4.74 Å². The van der Waals surface area contributed by atoms with E-state index in [0.717, 1.165) is 36.9 Å². The van der Waals surface area contributed by atoms with E-state index < -0.39 is 11.6 Å². The third kappa shape index (κ3) is 7.65. The van der Waals surface area contributed by atoms with Crippen molar-refractivity contribution in [3.8, 4) is 0 Å². The van der Waals surface area contributed by atoms with E-state index in [1.807, 2.05) is 13.0 Å². The first-order valence-corrected chi connectivity index (χ1v) is 10.1. The minimum Gasteiger partial charge on any atom is -0.379 e. The highest BCUT2D eigenvalue weighted by atomic mass is 127. The van der Waals surface area contributed by atoms with Gasteiger partial charge in [-0.3, -0.25) is 4.90 Å². The van der Waals surface area contributed by atoms with Crippen LogP contribution in [0.4, 0.5) is 13.2 Å². The number of halogens is 4. The molecule has 0 radical (unpaired) electrons. The van der Waals surface area contributed by atoms with Gasteiger partial charge in [0.25, 0.3) is 0 Å². The highest BCUT2D eigenvalue weighted by Gasteiger charge is 2.23. The number of nitrogens with zero attached hydrogens (tertiary/aromatic N) is 2. The number of benzene rings is 2. The predicted octanol–water partition coefficient (Wildman–Crippen LogP) is 3.85. The zero-order valence-electron chi connectivity index (χ0n) is 17.4. The van der Waals surface area contributed by atoms with Crippen LogP contribution in [0.5, 0.6) is 0 Å². The fourth-order valence-electron chi connectivity index (χ4n) is 3.42. The first-order valence-electron chi connectivity index (χ1n) is 10.1. The van der Waals surface area contributed by atoms with Crippen LogP contribution in [0, 0.1) is 17.5 Å². The van der Waals surface area contributed by atoms with E-state index in [1.54, 1.807) is 6.07 Å². The van der Waals surface area contributed by atoms with Crippen LogP contribution in [-0.2, 0) is 11.3 Å². The van der Waals surface area contributed by atoms with Crippen LogP contribution in [0.2, 0.25) is 0 Å². The van der Waals surface area contributed by atoms with Crippen molar-refractivity contribution in [1.29, 1.82) is 0 Å². The Kier molecular flexibility index (Phi) is 10.6. The number of aliphatic imine (C=N–C) groups is 1. The number of hydrogen-bond acceptors (Lipinski definition) is 3. The predicted molar refractivity (Wildman–Crippen MR) is 126 cm³/mol. The van der Waals surface area contributed by atoms with Crippen molar-refractivity contribution in [3.63, 3.8) is 0 Å². The summed E-state index contributed by atoms with van der Waals surface area (Å²) in [5.74, 6) is -0.802. The minimum atomic E-state index is -0.502. The van der Waals surface area contributed by atoms with Gasteiger partial charge in [0.15, 0.2) is 5.96 Å². The Morgan fingerprint density at radius 2 is 1.81 bits per heavy atom. The lowest BCUT2D eigenvalue weighted by Gasteiger charge is -2.35. The molecule has 1 atom stereocenters. The molecule has 0 spiro atoms. The summed E-state index contributed by atoms with van der Waals surface area (Å²) in [6.45, 7) is 5.74. The number of ether oxygens (including phenoxy) is 1. The molecule has 1 unspecified atom stereocenters. The number of morpholine rings is 1. The molecule has 0 saturated carbocycles. The van der Waals surface area contributed by atoms with Gasteiger partial charge in [0.2, 0.25) is 0 Å². The van der Waals surface area contributed by atoms with Crippen molar-refractivity contribution >= 4 is 29.9 Å². The summed E-state index contributed by atoms with van der Waals surface area (Å²) in [6, 6.07) is 9.80. The lowest BCUT2D eigenvalue weighted by molar-refractivity contribution is 0.0169. The van der Waals surface area contributed by atoms with E-state index in [9.17, 15) is 13.2 Å². The van der Waals surface area contributed by atoms with Gasteiger partial charge < -0.3 is 15.4 Å². The number of guanidine groups is 1. The molecule has 0 aliphatic carbocycles. The summed E-state index contributed by atoms with van der Waals surface area (Å²) in [5.41, 5.74) is 1.04. The first kappa shape index (κ1) is 25.4. The molecule has 1 aliphatic rings. The van der Waals surface area contributed by atoms with Gasteiger partial charge in [0.05, 0.1) is 25.8 Å². The van der Waals surface area contributed by atoms with Crippen molar-refractivity contribution in [1.82, 2.24) is 15.5 Å². The second kappa shape index (κ2) is 12.9. The van der Waals surface area contributed by atoms with Crippen LogP contribution in [0.25, 0.3) is 0 Å². The lowest BCUT2D eigenvalue weighted by atomic mass is 10.0. The van der Waals surface area contributed by atoms with Crippen LogP contribution < -0.4 is 10.6 Å². The van der Waals surface area contributed by atoms with Gasteiger partial charge in [0, 0.05) is 31.7 Å². The third-order valence-electron chi connectivity index (χ3n) is 4.94. The Labute approximate surface area is 198 Å². The molecule has 31 heavy (non-hydrogen) atoms. The van der Waals surface area contributed by atoms with Crippen molar-refractivity contribution in [2.24, 2.45) is 4.99 Å². The Morgan fingerprint density at radius 3 is 2.52 bits per heavy atom. The molecule has 170 valence electrons. The molecule has 5 nitrogen and oxygen atoms in total. The van der Waals surface area contributed by atoms with Gasteiger partial charge in [-0.1, -0.05) is 12.1 Å². The average Bonchev–Trinajstić information content (AvgIpc) is 2.75. The summed E-state index contributed by atoms with van der Waals surface area (Å²) in [7, 11) is 0. The maximum Gasteiger partial charge on any atom is 0.191 e. The van der Waals surface area contributed by atoms with E-state index in [-0.39, 0.29) is 47.9 Å². The normalized spacial score (nSPS) is 15.8. The van der Waals surface area contributed by atoms with Crippen molar-refractivity contribution in [2.45, 2.75) is 19.5 Å². The molecule has 2 N–H and O–H groups in total. The van der Waals surface area contributed by atoms with Crippen molar-refractivity contribution < 1.29 is 17.9 Å². The molecule has 1 aliphatic heterocycles. The number of nitrogens with one attached hydrogen (secondary N) is 2. The van der Waals surface area contributed by atoms with Crippen LogP contribution in [0.3, 0.4) is 0 Å². The largest absolute Gasteiger partial charge is 0.379 e. The Balaban J connectivity index is 0.00000341. The first-order chi connectivity index (χ1) is 14.6. The molecule has 1 saturated heterocycles.